The summed E-state index contributed by atoms with van der Waals surface area (Å²) >= 11 is 6.01. The summed E-state index contributed by atoms with van der Waals surface area (Å²) in [5.41, 5.74) is 1.05. The molecule has 0 aliphatic carbocycles. The number of rotatable bonds is 12. The van der Waals surface area contributed by atoms with Crippen LogP contribution < -0.4 is 14.4 Å². The monoisotopic (exact) mass is 571 g/mol. The number of nitrogens with zero attached hydrogens (tertiary/aromatic N) is 2. The average molecular weight is 572 g/mol. The van der Waals surface area contributed by atoms with E-state index in [1.165, 1.54) is 4.90 Å². The lowest BCUT2D eigenvalue weighted by molar-refractivity contribution is -0.139. The lowest BCUT2D eigenvalue weighted by Crippen LogP contribution is -2.52. The van der Waals surface area contributed by atoms with Crippen molar-refractivity contribution in [2.45, 2.75) is 45.8 Å². The normalized spacial score (nSPS) is 12.7. The first-order chi connectivity index (χ1) is 18.5. The minimum Gasteiger partial charge on any atom is -0.457 e. The first-order valence-corrected chi connectivity index (χ1v) is 14.9. The number of nitrogens with one attached hydrogen (secondary N) is 1. The van der Waals surface area contributed by atoms with E-state index in [1.54, 1.807) is 55.5 Å². The molecule has 8 nitrogen and oxygen atoms in total. The van der Waals surface area contributed by atoms with Crippen LogP contribution in [-0.4, -0.2) is 50.0 Å². The molecule has 3 rings (SSSR count). The number of carbonyl (C=O) groups excluding carboxylic acids is 2. The topological polar surface area (TPSA) is 96.0 Å². The molecule has 0 heterocycles. The van der Waals surface area contributed by atoms with Gasteiger partial charge in [-0.25, -0.2) is 8.42 Å². The number of anilines is 1. The highest BCUT2D eigenvalue weighted by Gasteiger charge is 2.30. The van der Waals surface area contributed by atoms with Crippen LogP contribution in [0, 0.1) is 0 Å². The van der Waals surface area contributed by atoms with Gasteiger partial charge in [0.2, 0.25) is 21.8 Å². The van der Waals surface area contributed by atoms with Gasteiger partial charge in [-0.2, -0.15) is 0 Å². The maximum atomic E-state index is 13.6. The van der Waals surface area contributed by atoms with E-state index in [2.05, 4.69) is 5.32 Å². The summed E-state index contributed by atoms with van der Waals surface area (Å²) in [6, 6.07) is 21.6. The molecule has 2 amide bonds. The van der Waals surface area contributed by atoms with Gasteiger partial charge >= 0.3 is 0 Å². The van der Waals surface area contributed by atoms with Gasteiger partial charge in [-0.05, 0) is 74.4 Å². The number of para-hydroxylation sites is 1. The predicted molar refractivity (Wildman–Crippen MR) is 155 cm³/mol. The van der Waals surface area contributed by atoms with Gasteiger partial charge in [-0.1, -0.05) is 48.9 Å². The van der Waals surface area contributed by atoms with E-state index in [9.17, 15) is 18.0 Å². The fourth-order valence-electron chi connectivity index (χ4n) is 3.75. The Bertz CT molecular complexity index is 1350. The van der Waals surface area contributed by atoms with Crippen molar-refractivity contribution < 1.29 is 22.7 Å². The lowest BCUT2D eigenvalue weighted by atomic mass is 10.1. The second-order valence-corrected chi connectivity index (χ2v) is 11.7. The maximum absolute atomic E-state index is 13.6. The quantitative estimate of drug-likeness (QED) is 0.321. The number of benzene rings is 3. The van der Waals surface area contributed by atoms with Gasteiger partial charge in [0.05, 0.1) is 11.9 Å². The Morgan fingerprint density at radius 1 is 0.923 bits per heavy atom. The Morgan fingerprint density at radius 2 is 1.51 bits per heavy atom. The van der Waals surface area contributed by atoms with Crippen molar-refractivity contribution >= 4 is 39.1 Å². The average Bonchev–Trinajstić information content (AvgIpc) is 2.91. The molecule has 2 atom stereocenters. The molecule has 0 bridgehead atoms. The molecule has 0 aliphatic rings. The molecular formula is C29H34ClN3O5S. The van der Waals surface area contributed by atoms with E-state index < -0.39 is 28.5 Å². The predicted octanol–water partition coefficient (Wildman–Crippen LogP) is 5.23. The minimum atomic E-state index is -3.84. The van der Waals surface area contributed by atoms with Crippen molar-refractivity contribution in [1.29, 1.82) is 0 Å². The molecule has 0 aliphatic heterocycles. The Hall–Kier alpha value is -3.56. The molecule has 1 N–H and O–H groups in total. The Morgan fingerprint density at radius 3 is 2.08 bits per heavy atom. The molecular weight excluding hydrogens is 538 g/mol. The number of hydrogen-bond donors (Lipinski definition) is 1. The zero-order valence-corrected chi connectivity index (χ0v) is 24.1. The van der Waals surface area contributed by atoms with Crippen LogP contribution in [0.5, 0.6) is 11.5 Å². The number of halogens is 1. The van der Waals surface area contributed by atoms with Crippen LogP contribution in [0.1, 0.15) is 32.8 Å². The van der Waals surface area contributed by atoms with E-state index >= 15 is 0 Å². The summed E-state index contributed by atoms with van der Waals surface area (Å²) < 4.78 is 32.4. The van der Waals surface area contributed by atoms with Crippen LogP contribution in [0.3, 0.4) is 0 Å². The second-order valence-electron chi connectivity index (χ2n) is 9.32. The van der Waals surface area contributed by atoms with Crippen molar-refractivity contribution in [2.75, 3.05) is 17.1 Å². The van der Waals surface area contributed by atoms with E-state index in [-0.39, 0.29) is 18.5 Å². The van der Waals surface area contributed by atoms with E-state index in [0.717, 1.165) is 22.5 Å². The lowest BCUT2D eigenvalue weighted by Gasteiger charge is -2.32. The molecule has 39 heavy (non-hydrogen) atoms. The van der Waals surface area contributed by atoms with Crippen LogP contribution in [0.25, 0.3) is 0 Å². The van der Waals surface area contributed by atoms with Crippen LogP contribution in [0.4, 0.5) is 5.69 Å². The third kappa shape index (κ3) is 8.73. The van der Waals surface area contributed by atoms with E-state index in [0.29, 0.717) is 22.2 Å². The maximum Gasteiger partial charge on any atom is 0.244 e. The number of ether oxygens (including phenoxy) is 1. The fraction of sp³-hybridized carbons (Fsp3) is 0.310. The van der Waals surface area contributed by atoms with Gasteiger partial charge in [-0.3, -0.25) is 13.9 Å². The van der Waals surface area contributed by atoms with Crippen molar-refractivity contribution in [3.05, 3.63) is 89.4 Å². The zero-order chi connectivity index (χ0) is 28.6. The third-order valence-electron chi connectivity index (χ3n) is 6.22. The van der Waals surface area contributed by atoms with Crippen LogP contribution in [0.15, 0.2) is 78.9 Å². The number of hydrogen-bond acceptors (Lipinski definition) is 5. The summed E-state index contributed by atoms with van der Waals surface area (Å²) in [5.74, 6) is 0.319. The van der Waals surface area contributed by atoms with Crippen LogP contribution in [0.2, 0.25) is 5.02 Å². The fourth-order valence-corrected chi connectivity index (χ4v) is 4.73. The summed E-state index contributed by atoms with van der Waals surface area (Å²) in [7, 11) is -3.84. The summed E-state index contributed by atoms with van der Waals surface area (Å²) in [4.78, 5) is 28.0. The molecule has 0 aromatic heterocycles. The number of carbonyl (C=O) groups is 2. The van der Waals surface area contributed by atoms with Crippen molar-refractivity contribution in [3.63, 3.8) is 0 Å². The molecule has 208 valence electrons. The van der Waals surface area contributed by atoms with E-state index in [1.807, 2.05) is 44.2 Å². The largest absolute Gasteiger partial charge is 0.457 e. The summed E-state index contributed by atoms with van der Waals surface area (Å²) in [5, 5.41) is 3.44. The van der Waals surface area contributed by atoms with Gasteiger partial charge in [0.25, 0.3) is 0 Å². The molecule has 0 spiro atoms. The SMILES string of the molecule is CCC(C)NC(=O)C(C)N(Cc1ccc(Cl)cc1)C(=O)CN(c1ccc(Oc2ccccc2)cc1)S(C)(=O)=O. The van der Waals surface area contributed by atoms with Gasteiger partial charge in [-0.15, -0.1) is 0 Å². The number of amides is 2. The Labute approximate surface area is 235 Å². The highest BCUT2D eigenvalue weighted by Crippen LogP contribution is 2.26. The van der Waals surface area contributed by atoms with Gasteiger partial charge < -0.3 is 15.0 Å². The number of sulfonamides is 1. The first kappa shape index (κ1) is 30.0. The Kier molecular flexibility index (Phi) is 10.4. The molecule has 0 fully saturated rings. The third-order valence-corrected chi connectivity index (χ3v) is 7.61. The van der Waals surface area contributed by atoms with Crippen molar-refractivity contribution in [2.24, 2.45) is 0 Å². The highest BCUT2D eigenvalue weighted by atomic mass is 35.5. The van der Waals surface area contributed by atoms with Gasteiger partial charge in [0, 0.05) is 17.6 Å². The smallest absolute Gasteiger partial charge is 0.244 e. The molecule has 0 saturated carbocycles. The molecule has 3 aromatic carbocycles. The molecule has 3 aromatic rings. The van der Waals surface area contributed by atoms with Crippen LogP contribution >= 0.6 is 11.6 Å². The van der Waals surface area contributed by atoms with Crippen molar-refractivity contribution in [3.8, 4) is 11.5 Å². The zero-order valence-electron chi connectivity index (χ0n) is 22.5. The van der Waals surface area contributed by atoms with E-state index in [4.69, 9.17) is 16.3 Å². The summed E-state index contributed by atoms with van der Waals surface area (Å²) in [6.07, 6.45) is 1.77. The molecule has 2 unspecified atom stereocenters. The standard InChI is InChI=1S/C29H34ClN3O5S/c1-5-21(2)31-29(35)22(3)32(19-23-11-13-24(30)14-12-23)28(34)20-33(39(4,36)37)25-15-17-27(18-16-25)38-26-9-7-6-8-10-26/h6-18,21-22H,5,19-20H2,1-4H3,(H,31,35). The molecule has 0 radical (unpaired) electrons. The van der Waals surface area contributed by atoms with Gasteiger partial charge in [0.1, 0.15) is 24.1 Å². The van der Waals surface area contributed by atoms with Crippen LogP contribution in [-0.2, 0) is 26.2 Å². The summed E-state index contributed by atoms with van der Waals surface area (Å²) in [6.45, 7) is 5.09. The molecule has 0 saturated heterocycles. The first-order valence-electron chi connectivity index (χ1n) is 12.6. The second kappa shape index (κ2) is 13.5. The highest BCUT2D eigenvalue weighted by molar-refractivity contribution is 7.92. The van der Waals surface area contributed by atoms with Gasteiger partial charge in [0.15, 0.2) is 0 Å². The Balaban J connectivity index is 1.85. The minimum absolute atomic E-state index is 0.0726. The molecule has 10 heteroatoms. The van der Waals surface area contributed by atoms with Crippen molar-refractivity contribution in [1.82, 2.24) is 10.2 Å².